The molecule has 98 valence electrons. The molecule has 6 heteroatoms. The summed E-state index contributed by atoms with van der Waals surface area (Å²) in [6.07, 6.45) is 6.75. The first kappa shape index (κ1) is 13.0. The zero-order valence-corrected chi connectivity index (χ0v) is 10.8. The summed E-state index contributed by atoms with van der Waals surface area (Å²) in [5, 5.41) is 13.3. The molecule has 0 unspecified atom stereocenters. The molecule has 1 aliphatic rings. The van der Waals surface area contributed by atoms with Crippen LogP contribution in [0.25, 0.3) is 0 Å². The third-order valence-corrected chi connectivity index (χ3v) is 3.95. The van der Waals surface area contributed by atoms with E-state index < -0.39 is 5.97 Å². The van der Waals surface area contributed by atoms with Gasteiger partial charge in [0.05, 0.1) is 0 Å². The lowest BCUT2D eigenvalue weighted by Gasteiger charge is -2.14. The number of nitrogens with one attached hydrogen (secondary N) is 1. The van der Waals surface area contributed by atoms with Crippen LogP contribution in [0.1, 0.15) is 58.8 Å². The van der Waals surface area contributed by atoms with Gasteiger partial charge in [0.25, 0.3) is 5.91 Å². The van der Waals surface area contributed by atoms with Crippen LogP contribution in [0.4, 0.5) is 0 Å². The maximum atomic E-state index is 11.9. The van der Waals surface area contributed by atoms with Crippen LogP contribution >= 0.6 is 11.3 Å². The fraction of sp³-hybridized carbons (Fsp3) is 0.583. The van der Waals surface area contributed by atoms with Gasteiger partial charge in [0.2, 0.25) is 0 Å². The molecule has 5 nitrogen and oxygen atoms in total. The molecule has 18 heavy (non-hydrogen) atoms. The highest BCUT2D eigenvalue weighted by Gasteiger charge is 2.19. The number of thiazole rings is 1. The number of carboxylic acids is 1. The summed E-state index contributed by atoms with van der Waals surface area (Å²) >= 11 is 1.08. The molecule has 2 rings (SSSR count). The Bertz CT molecular complexity index is 436. The van der Waals surface area contributed by atoms with Crippen molar-refractivity contribution in [3.05, 3.63) is 16.1 Å². The van der Waals surface area contributed by atoms with Gasteiger partial charge in [-0.25, -0.2) is 9.78 Å². The summed E-state index contributed by atoms with van der Waals surface area (Å²) in [4.78, 5) is 26.4. The lowest BCUT2D eigenvalue weighted by Crippen LogP contribution is -2.34. The number of nitrogens with zero attached hydrogens (tertiary/aromatic N) is 1. The molecule has 2 N–H and O–H groups in total. The number of rotatable bonds is 3. The molecule has 1 amide bonds. The molecule has 0 spiro atoms. The van der Waals surface area contributed by atoms with Crippen LogP contribution in [0.5, 0.6) is 0 Å². The summed E-state index contributed by atoms with van der Waals surface area (Å²) in [6.45, 7) is 0. The van der Waals surface area contributed by atoms with E-state index in [1.54, 1.807) is 0 Å². The molecule has 1 heterocycles. The Balaban J connectivity index is 1.95. The van der Waals surface area contributed by atoms with Gasteiger partial charge in [0, 0.05) is 11.4 Å². The third-order valence-electron chi connectivity index (χ3n) is 3.11. The smallest absolute Gasteiger partial charge is 0.355 e. The number of hydrogen-bond donors (Lipinski definition) is 2. The van der Waals surface area contributed by atoms with Crippen LogP contribution in [0.2, 0.25) is 0 Å². The van der Waals surface area contributed by atoms with E-state index in [0.717, 1.165) is 37.0 Å². The molecule has 0 atom stereocenters. The summed E-state index contributed by atoms with van der Waals surface area (Å²) in [5.41, 5.74) is -0.0639. The molecular formula is C12H16N2O3S. The van der Waals surface area contributed by atoms with Gasteiger partial charge in [-0.3, -0.25) is 4.79 Å². The lowest BCUT2D eigenvalue weighted by atomic mass is 10.1. The van der Waals surface area contributed by atoms with Gasteiger partial charge in [-0.1, -0.05) is 25.7 Å². The molecule has 1 fully saturated rings. The Hall–Kier alpha value is -1.43. The number of hydrogen-bond acceptors (Lipinski definition) is 4. The van der Waals surface area contributed by atoms with Crippen molar-refractivity contribution in [2.24, 2.45) is 0 Å². The molecule has 1 aromatic rings. The Kier molecular flexibility index (Phi) is 4.30. The van der Waals surface area contributed by atoms with Crippen molar-refractivity contribution in [2.75, 3.05) is 0 Å². The normalized spacial score (nSPS) is 17.1. The number of carbonyl (C=O) groups is 2. The Morgan fingerprint density at radius 2 is 1.94 bits per heavy atom. The standard InChI is InChI=1S/C12H16N2O3S/c15-10(11-14-9(7-18-11)12(16)17)13-8-5-3-1-2-4-6-8/h7-8H,1-6H2,(H,13,15)(H,16,17). The quantitative estimate of drug-likeness (QED) is 0.824. The van der Waals surface area contributed by atoms with Crippen LogP contribution in [0.3, 0.4) is 0 Å². The van der Waals surface area contributed by atoms with Crippen LogP contribution in [-0.4, -0.2) is 28.0 Å². The Labute approximate surface area is 109 Å². The van der Waals surface area contributed by atoms with Gasteiger partial charge >= 0.3 is 5.97 Å². The van der Waals surface area contributed by atoms with Crippen LogP contribution in [-0.2, 0) is 0 Å². The van der Waals surface area contributed by atoms with E-state index in [0.29, 0.717) is 0 Å². The number of carbonyl (C=O) groups excluding carboxylic acids is 1. The first-order chi connectivity index (χ1) is 8.66. The monoisotopic (exact) mass is 268 g/mol. The highest BCUT2D eigenvalue weighted by molar-refractivity contribution is 7.11. The number of aromatic carboxylic acids is 1. The van der Waals surface area contributed by atoms with E-state index in [-0.39, 0.29) is 22.7 Å². The van der Waals surface area contributed by atoms with Gasteiger partial charge in [-0.05, 0) is 12.8 Å². The minimum atomic E-state index is -1.10. The second-order valence-electron chi connectivity index (χ2n) is 4.51. The molecule has 1 aromatic heterocycles. The average Bonchev–Trinajstić information content (AvgIpc) is 2.70. The lowest BCUT2D eigenvalue weighted by molar-refractivity contribution is 0.0691. The summed E-state index contributed by atoms with van der Waals surface area (Å²) in [7, 11) is 0. The van der Waals surface area contributed by atoms with Crippen molar-refractivity contribution in [1.29, 1.82) is 0 Å². The van der Waals surface area contributed by atoms with Crippen LogP contribution in [0.15, 0.2) is 5.38 Å². The third kappa shape index (κ3) is 3.29. The SMILES string of the molecule is O=C(O)c1csc(C(=O)NC2CCCCCC2)n1. The molecule has 0 bridgehead atoms. The summed E-state index contributed by atoms with van der Waals surface area (Å²) in [5.74, 6) is -1.35. The fourth-order valence-electron chi connectivity index (χ4n) is 2.15. The molecule has 0 aromatic carbocycles. The van der Waals surface area contributed by atoms with E-state index in [9.17, 15) is 9.59 Å². The van der Waals surface area contributed by atoms with Crippen molar-refractivity contribution in [1.82, 2.24) is 10.3 Å². The van der Waals surface area contributed by atoms with E-state index in [1.807, 2.05) is 0 Å². The van der Waals surface area contributed by atoms with Crippen molar-refractivity contribution >= 4 is 23.2 Å². The number of amides is 1. The largest absolute Gasteiger partial charge is 0.476 e. The Morgan fingerprint density at radius 1 is 1.28 bits per heavy atom. The second kappa shape index (κ2) is 5.95. The van der Waals surface area contributed by atoms with Crippen molar-refractivity contribution in [3.63, 3.8) is 0 Å². The first-order valence-electron chi connectivity index (χ1n) is 6.16. The second-order valence-corrected chi connectivity index (χ2v) is 5.36. The summed E-state index contributed by atoms with van der Waals surface area (Å²) < 4.78 is 0. The van der Waals surface area contributed by atoms with Gasteiger partial charge in [-0.15, -0.1) is 11.3 Å². The first-order valence-corrected chi connectivity index (χ1v) is 7.04. The van der Waals surface area contributed by atoms with E-state index >= 15 is 0 Å². The highest BCUT2D eigenvalue weighted by atomic mass is 32.1. The highest BCUT2D eigenvalue weighted by Crippen LogP contribution is 2.18. The van der Waals surface area contributed by atoms with Gasteiger partial charge in [0.15, 0.2) is 10.7 Å². The van der Waals surface area contributed by atoms with Gasteiger partial charge < -0.3 is 10.4 Å². The molecule has 1 saturated carbocycles. The zero-order chi connectivity index (χ0) is 13.0. The van der Waals surface area contributed by atoms with Crippen molar-refractivity contribution in [2.45, 2.75) is 44.6 Å². The number of carboxylic acid groups (broad SMARTS) is 1. The number of aromatic nitrogens is 1. The molecule has 1 aliphatic carbocycles. The molecular weight excluding hydrogens is 252 g/mol. The average molecular weight is 268 g/mol. The van der Waals surface area contributed by atoms with Crippen LogP contribution < -0.4 is 5.32 Å². The van der Waals surface area contributed by atoms with E-state index in [4.69, 9.17) is 5.11 Å². The topological polar surface area (TPSA) is 79.3 Å². The fourth-order valence-corrected chi connectivity index (χ4v) is 2.84. The van der Waals surface area contributed by atoms with E-state index in [2.05, 4.69) is 10.3 Å². The minimum Gasteiger partial charge on any atom is -0.476 e. The predicted octanol–water partition coefficient (Wildman–Crippen LogP) is 2.29. The Morgan fingerprint density at radius 3 is 2.50 bits per heavy atom. The predicted molar refractivity (Wildman–Crippen MR) is 68.0 cm³/mol. The molecule has 0 aliphatic heterocycles. The molecule has 0 saturated heterocycles. The van der Waals surface area contributed by atoms with Crippen LogP contribution in [0, 0.1) is 0 Å². The molecule has 0 radical (unpaired) electrons. The van der Waals surface area contributed by atoms with Crippen molar-refractivity contribution in [3.8, 4) is 0 Å². The van der Waals surface area contributed by atoms with Crippen molar-refractivity contribution < 1.29 is 14.7 Å². The zero-order valence-electron chi connectivity index (χ0n) is 10.0. The maximum Gasteiger partial charge on any atom is 0.355 e. The minimum absolute atomic E-state index is 0.0639. The maximum absolute atomic E-state index is 11.9. The van der Waals surface area contributed by atoms with Gasteiger partial charge in [0.1, 0.15) is 0 Å². The summed E-state index contributed by atoms with van der Waals surface area (Å²) in [6, 6.07) is 0.206. The van der Waals surface area contributed by atoms with Gasteiger partial charge in [-0.2, -0.15) is 0 Å². The van der Waals surface area contributed by atoms with E-state index in [1.165, 1.54) is 18.2 Å².